The van der Waals surface area contributed by atoms with Crippen LogP contribution in [0, 0.1) is 5.92 Å². The summed E-state index contributed by atoms with van der Waals surface area (Å²) in [5.74, 6) is -0.0610. The largest absolute Gasteiger partial charge is 0.393 e. The zero-order valence-corrected chi connectivity index (χ0v) is 15.5. The Morgan fingerprint density at radius 2 is 1.88 bits per heavy atom. The molecule has 0 spiro atoms. The number of nitrogens with one attached hydrogen (secondary N) is 1. The second kappa shape index (κ2) is 8.75. The molecule has 1 aliphatic heterocycles. The van der Waals surface area contributed by atoms with Crippen LogP contribution in [0.25, 0.3) is 0 Å². The maximum Gasteiger partial charge on any atom is 0.251 e. The molecular formula is C17H26N2O5S. The third kappa shape index (κ3) is 5.24. The molecular weight excluding hydrogens is 344 g/mol. The summed E-state index contributed by atoms with van der Waals surface area (Å²) in [6.07, 6.45) is 1.73. The van der Waals surface area contributed by atoms with Gasteiger partial charge in [0.15, 0.2) is 0 Å². The number of carbonyl (C=O) groups excluding carboxylic acids is 1. The number of rotatable bonds is 7. The number of carbonyl (C=O) groups is 1. The van der Waals surface area contributed by atoms with E-state index < -0.39 is 16.1 Å². The van der Waals surface area contributed by atoms with Crippen LogP contribution in [0.4, 0.5) is 0 Å². The number of ether oxygens (including phenoxy) is 1. The Hall–Kier alpha value is -1.48. The lowest BCUT2D eigenvalue weighted by atomic mass is 9.92. The maximum absolute atomic E-state index is 12.1. The highest BCUT2D eigenvalue weighted by Gasteiger charge is 2.22. The van der Waals surface area contributed by atoms with E-state index in [-0.39, 0.29) is 16.7 Å². The number of sulfonamides is 1. The second-order valence-electron chi connectivity index (χ2n) is 6.37. The Bertz CT molecular complexity index is 667. The van der Waals surface area contributed by atoms with Crippen molar-refractivity contribution in [2.45, 2.75) is 30.3 Å². The normalized spacial score (nSPS) is 17.4. The van der Waals surface area contributed by atoms with Crippen molar-refractivity contribution in [1.29, 1.82) is 0 Å². The number of aliphatic hydroxyl groups is 1. The van der Waals surface area contributed by atoms with Gasteiger partial charge >= 0.3 is 0 Å². The molecule has 1 fully saturated rings. The van der Waals surface area contributed by atoms with Gasteiger partial charge in [-0.05, 0) is 49.4 Å². The summed E-state index contributed by atoms with van der Waals surface area (Å²) in [7, 11) is -0.586. The molecule has 0 bridgehead atoms. The number of benzene rings is 1. The molecule has 2 N–H and O–H groups in total. The minimum Gasteiger partial charge on any atom is -0.393 e. The molecule has 0 aromatic heterocycles. The van der Waals surface area contributed by atoms with Crippen molar-refractivity contribution in [2.75, 3.05) is 33.9 Å². The van der Waals surface area contributed by atoms with Gasteiger partial charge in [0.1, 0.15) is 0 Å². The van der Waals surface area contributed by atoms with Crippen LogP contribution in [0.5, 0.6) is 0 Å². The number of hydrogen-bond donors (Lipinski definition) is 2. The zero-order valence-electron chi connectivity index (χ0n) is 14.6. The predicted octanol–water partition coefficient (Wildman–Crippen LogP) is 0.844. The highest BCUT2D eigenvalue weighted by atomic mass is 32.2. The lowest BCUT2D eigenvalue weighted by Gasteiger charge is -2.26. The molecule has 1 amide bonds. The molecule has 0 radical (unpaired) electrons. The molecule has 8 heteroatoms. The molecule has 0 unspecified atom stereocenters. The van der Waals surface area contributed by atoms with Crippen molar-refractivity contribution in [3.63, 3.8) is 0 Å². The van der Waals surface area contributed by atoms with Gasteiger partial charge in [-0.25, -0.2) is 12.7 Å². The smallest absolute Gasteiger partial charge is 0.251 e. The first-order valence-corrected chi connectivity index (χ1v) is 9.83. The third-order valence-corrected chi connectivity index (χ3v) is 6.26. The van der Waals surface area contributed by atoms with Gasteiger partial charge in [0, 0.05) is 39.4 Å². The Labute approximate surface area is 149 Å². The Morgan fingerprint density at radius 3 is 2.44 bits per heavy atom. The molecule has 1 aliphatic rings. The topological polar surface area (TPSA) is 95.9 Å². The molecule has 0 aliphatic carbocycles. The number of nitrogens with zero attached hydrogens (tertiary/aromatic N) is 1. The quantitative estimate of drug-likeness (QED) is 0.742. The van der Waals surface area contributed by atoms with Gasteiger partial charge in [0.2, 0.25) is 10.0 Å². The van der Waals surface area contributed by atoms with E-state index in [1.54, 1.807) is 0 Å². The average molecular weight is 370 g/mol. The van der Waals surface area contributed by atoms with Crippen LogP contribution in [0.3, 0.4) is 0 Å². The van der Waals surface area contributed by atoms with Gasteiger partial charge in [0.25, 0.3) is 5.91 Å². The Kier molecular flexibility index (Phi) is 6.95. The molecule has 2 rings (SSSR count). The van der Waals surface area contributed by atoms with Crippen LogP contribution in [-0.2, 0) is 14.8 Å². The summed E-state index contributed by atoms with van der Waals surface area (Å²) in [4.78, 5) is 12.3. The third-order valence-electron chi connectivity index (χ3n) is 4.43. The highest BCUT2D eigenvalue weighted by Crippen LogP contribution is 2.20. The molecule has 1 heterocycles. The van der Waals surface area contributed by atoms with Gasteiger partial charge in [-0.15, -0.1) is 0 Å². The molecule has 25 heavy (non-hydrogen) atoms. The summed E-state index contributed by atoms with van der Waals surface area (Å²) >= 11 is 0. The SMILES string of the molecule is CN(C)S(=O)(=O)c1ccc(C(=O)NCC[C@@H](O)C2CCOCC2)cc1. The fourth-order valence-electron chi connectivity index (χ4n) is 2.76. The van der Waals surface area contributed by atoms with Crippen LogP contribution in [0.15, 0.2) is 29.2 Å². The van der Waals surface area contributed by atoms with Gasteiger partial charge < -0.3 is 15.2 Å². The Morgan fingerprint density at radius 1 is 1.28 bits per heavy atom. The van der Waals surface area contributed by atoms with Gasteiger partial charge in [0.05, 0.1) is 11.0 Å². The monoisotopic (exact) mass is 370 g/mol. The molecule has 7 nitrogen and oxygen atoms in total. The van der Waals surface area contributed by atoms with Crippen molar-refractivity contribution >= 4 is 15.9 Å². The maximum atomic E-state index is 12.1. The first-order valence-electron chi connectivity index (χ1n) is 8.39. The van der Waals surface area contributed by atoms with Gasteiger partial charge in [-0.2, -0.15) is 0 Å². The van der Waals surface area contributed by atoms with Crippen LogP contribution >= 0.6 is 0 Å². The molecule has 1 aromatic rings. The van der Waals surface area contributed by atoms with E-state index in [4.69, 9.17) is 4.74 Å². The fraction of sp³-hybridized carbons (Fsp3) is 0.588. The second-order valence-corrected chi connectivity index (χ2v) is 8.53. The van der Waals surface area contributed by atoms with Gasteiger partial charge in [-0.3, -0.25) is 4.79 Å². The average Bonchev–Trinajstić information content (AvgIpc) is 2.62. The summed E-state index contributed by atoms with van der Waals surface area (Å²) < 4.78 is 30.4. The number of aliphatic hydroxyl groups excluding tert-OH is 1. The van der Waals surface area contributed by atoms with Crippen molar-refractivity contribution in [2.24, 2.45) is 5.92 Å². The van der Waals surface area contributed by atoms with E-state index in [1.807, 2.05) is 0 Å². The lowest BCUT2D eigenvalue weighted by Crippen LogP contribution is -2.32. The number of amides is 1. The van der Waals surface area contributed by atoms with Gasteiger partial charge in [-0.1, -0.05) is 0 Å². The van der Waals surface area contributed by atoms with Crippen LogP contribution < -0.4 is 5.32 Å². The van der Waals surface area contributed by atoms with Crippen molar-refractivity contribution in [1.82, 2.24) is 9.62 Å². The Balaban J connectivity index is 1.84. The molecule has 1 aromatic carbocycles. The van der Waals surface area contributed by atoms with E-state index in [0.29, 0.717) is 31.7 Å². The van der Waals surface area contributed by atoms with Crippen LogP contribution in [-0.4, -0.2) is 63.7 Å². The highest BCUT2D eigenvalue weighted by molar-refractivity contribution is 7.89. The zero-order chi connectivity index (χ0) is 18.4. The molecule has 140 valence electrons. The predicted molar refractivity (Wildman–Crippen MR) is 93.8 cm³/mol. The van der Waals surface area contributed by atoms with E-state index in [0.717, 1.165) is 17.1 Å². The van der Waals surface area contributed by atoms with Crippen LogP contribution in [0.1, 0.15) is 29.6 Å². The number of hydrogen-bond acceptors (Lipinski definition) is 5. The summed E-state index contributed by atoms with van der Waals surface area (Å²) in [5, 5.41) is 12.9. The van der Waals surface area contributed by atoms with Crippen molar-refractivity contribution in [3.05, 3.63) is 29.8 Å². The summed E-state index contributed by atoms with van der Waals surface area (Å²) in [5.41, 5.74) is 0.387. The first-order chi connectivity index (χ1) is 11.8. The first kappa shape index (κ1) is 19.8. The molecule has 0 saturated carbocycles. The van der Waals surface area contributed by atoms with E-state index >= 15 is 0 Å². The van der Waals surface area contributed by atoms with Crippen LogP contribution in [0.2, 0.25) is 0 Å². The van der Waals surface area contributed by atoms with E-state index in [9.17, 15) is 18.3 Å². The summed E-state index contributed by atoms with van der Waals surface area (Å²) in [6.45, 7) is 1.72. The van der Waals surface area contributed by atoms with Crippen molar-refractivity contribution < 1.29 is 23.1 Å². The standard InChI is InChI=1S/C17H26N2O5S/c1-19(2)25(22,23)15-5-3-14(4-6-15)17(21)18-10-7-16(20)13-8-11-24-12-9-13/h3-6,13,16,20H,7-12H2,1-2H3,(H,18,21)/t16-/m1/s1. The van der Waals surface area contributed by atoms with E-state index in [1.165, 1.54) is 38.4 Å². The molecule has 1 atom stereocenters. The summed E-state index contributed by atoms with van der Waals surface area (Å²) in [6, 6.07) is 5.81. The van der Waals surface area contributed by atoms with Crippen molar-refractivity contribution in [3.8, 4) is 0 Å². The van der Waals surface area contributed by atoms with E-state index in [2.05, 4.69) is 5.32 Å². The lowest BCUT2D eigenvalue weighted by molar-refractivity contribution is 0.00528. The minimum absolute atomic E-state index is 0.143. The minimum atomic E-state index is -3.50. The fourth-order valence-corrected chi connectivity index (χ4v) is 3.66. The molecule has 1 saturated heterocycles.